The highest BCUT2D eigenvalue weighted by molar-refractivity contribution is 5.96. The zero-order valence-corrected chi connectivity index (χ0v) is 14.7. The lowest BCUT2D eigenvalue weighted by Crippen LogP contribution is -2.50. The fraction of sp³-hybridized carbons (Fsp3) is 0.421. The fourth-order valence-electron chi connectivity index (χ4n) is 3.36. The number of nitrogens with zero attached hydrogens (tertiary/aromatic N) is 1. The van der Waals surface area contributed by atoms with E-state index in [1.807, 2.05) is 0 Å². The van der Waals surface area contributed by atoms with E-state index in [0.717, 1.165) is 25.7 Å². The van der Waals surface area contributed by atoms with Crippen LogP contribution in [-0.4, -0.2) is 35.0 Å². The summed E-state index contributed by atoms with van der Waals surface area (Å²) in [6.45, 7) is 0. The molecule has 26 heavy (non-hydrogen) atoms. The van der Waals surface area contributed by atoms with Crippen LogP contribution in [0.4, 0.5) is 0 Å². The Morgan fingerprint density at radius 1 is 1.19 bits per heavy atom. The van der Waals surface area contributed by atoms with Crippen molar-refractivity contribution in [1.82, 2.24) is 15.6 Å². The molecule has 1 aliphatic carbocycles. The summed E-state index contributed by atoms with van der Waals surface area (Å²) in [6.07, 6.45) is 6.49. The van der Waals surface area contributed by atoms with Crippen molar-refractivity contribution in [2.24, 2.45) is 5.92 Å². The third-order valence-corrected chi connectivity index (χ3v) is 4.77. The minimum absolute atomic E-state index is 0.0548. The molecule has 2 heterocycles. The normalized spacial score (nSPS) is 16.0. The smallest absolute Gasteiger partial charge is 0.287 e. The highest BCUT2D eigenvalue weighted by atomic mass is 16.4. The Labute approximate surface area is 151 Å². The van der Waals surface area contributed by atoms with Gasteiger partial charge in [0, 0.05) is 7.05 Å². The molecule has 0 spiro atoms. The maximum atomic E-state index is 12.6. The molecule has 1 fully saturated rings. The minimum atomic E-state index is -0.562. The standard InChI is InChI=1S/C19H23N3O4/c1-20-19(25)17(12-5-3-2-4-6-12)22-18(24)16-10-9-15(26-16)14-8-7-13(23)11-21-14/h7-12,17,23H,2-6H2,1H3,(H,20,25)(H,22,24). The summed E-state index contributed by atoms with van der Waals surface area (Å²) in [5.74, 6) is 0.135. The summed E-state index contributed by atoms with van der Waals surface area (Å²) < 4.78 is 5.59. The topological polar surface area (TPSA) is 104 Å². The number of likely N-dealkylation sites (N-methyl/N-ethyl adjacent to an activating group) is 1. The molecule has 0 radical (unpaired) electrons. The molecule has 2 aromatic heterocycles. The predicted molar refractivity (Wildman–Crippen MR) is 95.5 cm³/mol. The number of furan rings is 1. The molecule has 2 aromatic rings. The number of aromatic hydroxyl groups is 1. The molecular weight excluding hydrogens is 334 g/mol. The largest absolute Gasteiger partial charge is 0.506 e. The molecule has 2 amide bonds. The van der Waals surface area contributed by atoms with Crippen molar-refractivity contribution in [2.45, 2.75) is 38.1 Å². The third-order valence-electron chi connectivity index (χ3n) is 4.77. The number of nitrogens with one attached hydrogen (secondary N) is 2. The molecule has 0 saturated heterocycles. The molecule has 7 heteroatoms. The zero-order chi connectivity index (χ0) is 18.5. The van der Waals surface area contributed by atoms with Crippen molar-refractivity contribution in [3.63, 3.8) is 0 Å². The Balaban J connectivity index is 1.73. The van der Waals surface area contributed by atoms with E-state index in [4.69, 9.17) is 4.42 Å². The van der Waals surface area contributed by atoms with E-state index in [2.05, 4.69) is 15.6 Å². The summed E-state index contributed by atoms with van der Waals surface area (Å²) in [4.78, 5) is 28.9. The average Bonchev–Trinajstić information content (AvgIpc) is 3.17. The number of aromatic nitrogens is 1. The average molecular weight is 357 g/mol. The van der Waals surface area contributed by atoms with Crippen LogP contribution < -0.4 is 10.6 Å². The van der Waals surface area contributed by atoms with Gasteiger partial charge in [-0.25, -0.2) is 4.98 Å². The Morgan fingerprint density at radius 3 is 2.62 bits per heavy atom. The van der Waals surface area contributed by atoms with Crippen LogP contribution in [0.5, 0.6) is 5.75 Å². The molecule has 1 unspecified atom stereocenters. The van der Waals surface area contributed by atoms with Crippen LogP contribution in [0.1, 0.15) is 42.7 Å². The van der Waals surface area contributed by atoms with Crippen molar-refractivity contribution in [1.29, 1.82) is 0 Å². The Kier molecular flexibility index (Phi) is 5.55. The number of carbonyl (C=O) groups is 2. The summed E-state index contributed by atoms with van der Waals surface area (Å²) >= 11 is 0. The lowest BCUT2D eigenvalue weighted by molar-refractivity contribution is -0.124. The number of hydrogen-bond donors (Lipinski definition) is 3. The second kappa shape index (κ2) is 8.03. The van der Waals surface area contributed by atoms with Gasteiger partial charge in [0.1, 0.15) is 17.5 Å². The van der Waals surface area contributed by atoms with E-state index in [1.54, 1.807) is 25.2 Å². The molecule has 138 valence electrons. The number of rotatable bonds is 5. The van der Waals surface area contributed by atoms with Gasteiger partial charge in [-0.05, 0) is 43.0 Å². The molecule has 0 aromatic carbocycles. The maximum absolute atomic E-state index is 12.6. The van der Waals surface area contributed by atoms with Gasteiger partial charge in [-0.2, -0.15) is 0 Å². The Hall–Kier alpha value is -2.83. The first kappa shape index (κ1) is 18.0. The zero-order valence-electron chi connectivity index (χ0n) is 14.7. The van der Waals surface area contributed by atoms with Gasteiger partial charge < -0.3 is 20.2 Å². The first-order chi connectivity index (χ1) is 12.6. The summed E-state index contributed by atoms with van der Waals surface area (Å²) in [7, 11) is 1.58. The molecule has 1 saturated carbocycles. The van der Waals surface area contributed by atoms with Gasteiger partial charge in [0.2, 0.25) is 5.91 Å². The van der Waals surface area contributed by atoms with Crippen LogP contribution in [0, 0.1) is 5.92 Å². The molecule has 1 aliphatic rings. The monoisotopic (exact) mass is 357 g/mol. The number of hydrogen-bond acceptors (Lipinski definition) is 5. The van der Waals surface area contributed by atoms with Crippen molar-refractivity contribution in [3.05, 3.63) is 36.2 Å². The number of carbonyl (C=O) groups excluding carboxylic acids is 2. The van der Waals surface area contributed by atoms with Crippen LogP contribution >= 0.6 is 0 Å². The summed E-state index contributed by atoms with van der Waals surface area (Å²) in [5, 5.41) is 14.8. The lowest BCUT2D eigenvalue weighted by Gasteiger charge is -2.29. The first-order valence-electron chi connectivity index (χ1n) is 8.86. The molecule has 3 N–H and O–H groups in total. The van der Waals surface area contributed by atoms with E-state index in [9.17, 15) is 14.7 Å². The van der Waals surface area contributed by atoms with Crippen LogP contribution in [0.3, 0.4) is 0 Å². The molecule has 0 aliphatic heterocycles. The van der Waals surface area contributed by atoms with E-state index >= 15 is 0 Å². The van der Waals surface area contributed by atoms with Gasteiger partial charge in [0.15, 0.2) is 11.5 Å². The summed E-state index contributed by atoms with van der Waals surface area (Å²) in [6, 6.07) is 5.74. The van der Waals surface area contributed by atoms with Gasteiger partial charge in [-0.15, -0.1) is 0 Å². The van der Waals surface area contributed by atoms with E-state index in [-0.39, 0.29) is 23.3 Å². The van der Waals surface area contributed by atoms with Gasteiger partial charge in [-0.1, -0.05) is 19.3 Å². The van der Waals surface area contributed by atoms with Crippen LogP contribution in [0.2, 0.25) is 0 Å². The number of pyridine rings is 1. The van der Waals surface area contributed by atoms with Crippen molar-refractivity contribution in [3.8, 4) is 17.2 Å². The molecule has 1 atom stereocenters. The highest BCUT2D eigenvalue weighted by Crippen LogP contribution is 2.27. The van der Waals surface area contributed by atoms with Crippen LogP contribution in [0.25, 0.3) is 11.5 Å². The van der Waals surface area contributed by atoms with Gasteiger partial charge >= 0.3 is 0 Å². The first-order valence-corrected chi connectivity index (χ1v) is 8.86. The van der Waals surface area contributed by atoms with E-state index in [1.165, 1.54) is 18.7 Å². The van der Waals surface area contributed by atoms with Gasteiger partial charge in [0.05, 0.1) is 6.20 Å². The lowest BCUT2D eigenvalue weighted by atomic mass is 9.83. The van der Waals surface area contributed by atoms with Gasteiger partial charge in [-0.3, -0.25) is 9.59 Å². The molecule has 3 rings (SSSR count). The fourth-order valence-corrected chi connectivity index (χ4v) is 3.36. The van der Waals surface area contributed by atoms with E-state index < -0.39 is 11.9 Å². The number of amides is 2. The Bertz CT molecular complexity index is 763. The molecular formula is C19H23N3O4. The second-order valence-electron chi connectivity index (χ2n) is 6.53. The molecule has 0 bridgehead atoms. The van der Waals surface area contributed by atoms with Crippen LogP contribution in [0.15, 0.2) is 34.9 Å². The highest BCUT2D eigenvalue weighted by Gasteiger charge is 2.31. The van der Waals surface area contributed by atoms with Crippen molar-refractivity contribution < 1.29 is 19.1 Å². The van der Waals surface area contributed by atoms with Crippen LogP contribution in [-0.2, 0) is 4.79 Å². The Morgan fingerprint density at radius 2 is 1.96 bits per heavy atom. The van der Waals surface area contributed by atoms with Gasteiger partial charge in [0.25, 0.3) is 5.91 Å². The quantitative estimate of drug-likeness (QED) is 0.762. The third kappa shape index (κ3) is 4.04. The van der Waals surface area contributed by atoms with E-state index in [0.29, 0.717) is 11.5 Å². The summed E-state index contributed by atoms with van der Waals surface area (Å²) in [5.41, 5.74) is 0.511. The molecule has 7 nitrogen and oxygen atoms in total. The van der Waals surface area contributed by atoms with Crippen molar-refractivity contribution >= 4 is 11.8 Å². The van der Waals surface area contributed by atoms with Crippen molar-refractivity contribution in [2.75, 3.05) is 7.05 Å². The SMILES string of the molecule is CNC(=O)C(NC(=O)c1ccc(-c2ccc(O)cn2)o1)C1CCCCC1. The minimum Gasteiger partial charge on any atom is -0.506 e. The second-order valence-corrected chi connectivity index (χ2v) is 6.53. The predicted octanol–water partition coefficient (Wildman–Crippen LogP) is 2.47. The maximum Gasteiger partial charge on any atom is 0.287 e.